The van der Waals surface area contributed by atoms with E-state index in [1.807, 2.05) is 72.5 Å². The fourth-order valence-electron chi connectivity index (χ4n) is 3.70. The number of piperidine rings is 1. The minimum atomic E-state index is -0.463. The number of carbonyl (C=O) groups excluding carboxylic acids is 1. The smallest absolute Gasteiger partial charge is 0.226 e. The van der Waals surface area contributed by atoms with Crippen LogP contribution < -0.4 is 4.90 Å². The van der Waals surface area contributed by atoms with E-state index >= 15 is 0 Å². The molecular formula is C22H29ClN2O2. The summed E-state index contributed by atoms with van der Waals surface area (Å²) in [5.41, 5.74) is 1.95. The van der Waals surface area contributed by atoms with Gasteiger partial charge in [0.2, 0.25) is 5.91 Å². The number of anilines is 1. The lowest BCUT2D eigenvalue weighted by atomic mass is 10.0. The number of likely N-dealkylation sites (tertiary alicyclic amines) is 1. The molecule has 1 atom stereocenters. The number of amides is 1. The first-order chi connectivity index (χ1) is 12.7. The molecule has 2 aromatic rings. The van der Waals surface area contributed by atoms with Gasteiger partial charge in [0.25, 0.3) is 0 Å². The van der Waals surface area contributed by atoms with Gasteiger partial charge in [0.1, 0.15) is 0 Å². The highest BCUT2D eigenvalue weighted by atomic mass is 35.5. The van der Waals surface area contributed by atoms with Gasteiger partial charge >= 0.3 is 0 Å². The van der Waals surface area contributed by atoms with Crippen molar-refractivity contribution in [2.75, 3.05) is 24.5 Å². The van der Waals surface area contributed by atoms with Gasteiger partial charge in [-0.15, -0.1) is 12.4 Å². The zero-order valence-electron chi connectivity index (χ0n) is 15.8. The lowest BCUT2D eigenvalue weighted by molar-refractivity contribution is -0.119. The molecule has 4 nitrogen and oxygen atoms in total. The van der Waals surface area contributed by atoms with Gasteiger partial charge < -0.3 is 14.9 Å². The van der Waals surface area contributed by atoms with Crippen molar-refractivity contribution in [3.63, 3.8) is 0 Å². The van der Waals surface area contributed by atoms with Gasteiger partial charge in [0.05, 0.1) is 6.10 Å². The molecule has 27 heavy (non-hydrogen) atoms. The maximum Gasteiger partial charge on any atom is 0.226 e. The lowest BCUT2D eigenvalue weighted by Gasteiger charge is -2.39. The Balaban J connectivity index is 0.00000261. The second-order valence-corrected chi connectivity index (χ2v) is 6.91. The van der Waals surface area contributed by atoms with Crippen molar-refractivity contribution < 1.29 is 9.90 Å². The summed E-state index contributed by atoms with van der Waals surface area (Å²) >= 11 is 0. The first-order valence-corrected chi connectivity index (χ1v) is 9.51. The Morgan fingerprint density at radius 3 is 2.19 bits per heavy atom. The van der Waals surface area contributed by atoms with Crippen LogP contribution in [0.5, 0.6) is 0 Å². The number of para-hydroxylation sites is 1. The molecule has 0 spiro atoms. The molecule has 5 heteroatoms. The number of benzene rings is 2. The number of carbonyl (C=O) groups is 1. The van der Waals surface area contributed by atoms with E-state index in [1.165, 1.54) is 0 Å². The van der Waals surface area contributed by atoms with Crippen LogP contribution in [0.1, 0.15) is 37.9 Å². The predicted molar refractivity (Wildman–Crippen MR) is 112 cm³/mol. The van der Waals surface area contributed by atoms with Gasteiger partial charge in [-0.2, -0.15) is 0 Å². The van der Waals surface area contributed by atoms with Crippen molar-refractivity contribution in [3.8, 4) is 0 Å². The molecule has 2 aromatic carbocycles. The van der Waals surface area contributed by atoms with E-state index in [2.05, 4.69) is 4.90 Å². The third kappa shape index (κ3) is 5.55. The van der Waals surface area contributed by atoms with Crippen LogP contribution in [0.2, 0.25) is 0 Å². The Morgan fingerprint density at radius 2 is 1.63 bits per heavy atom. The van der Waals surface area contributed by atoms with E-state index in [-0.39, 0.29) is 24.4 Å². The van der Waals surface area contributed by atoms with Gasteiger partial charge in [-0.1, -0.05) is 55.5 Å². The summed E-state index contributed by atoms with van der Waals surface area (Å²) in [6, 6.07) is 20.0. The molecule has 0 aromatic heterocycles. The van der Waals surface area contributed by atoms with E-state index in [0.717, 1.165) is 37.2 Å². The number of hydrogen-bond acceptors (Lipinski definition) is 3. The van der Waals surface area contributed by atoms with Crippen molar-refractivity contribution in [2.24, 2.45) is 0 Å². The molecule has 0 aliphatic carbocycles. The molecule has 1 aliphatic rings. The topological polar surface area (TPSA) is 43.8 Å². The van der Waals surface area contributed by atoms with Crippen molar-refractivity contribution in [1.82, 2.24) is 4.90 Å². The fraction of sp³-hybridized carbons (Fsp3) is 0.409. The van der Waals surface area contributed by atoms with Gasteiger partial charge in [0.15, 0.2) is 0 Å². The van der Waals surface area contributed by atoms with Crippen LogP contribution in [-0.2, 0) is 4.79 Å². The minimum Gasteiger partial charge on any atom is -0.387 e. The highest BCUT2D eigenvalue weighted by Crippen LogP contribution is 2.25. The second-order valence-electron chi connectivity index (χ2n) is 6.91. The molecule has 1 heterocycles. The van der Waals surface area contributed by atoms with Crippen molar-refractivity contribution >= 4 is 24.0 Å². The summed E-state index contributed by atoms with van der Waals surface area (Å²) in [7, 11) is 0. The number of aliphatic hydroxyl groups excluding tert-OH is 1. The molecular weight excluding hydrogens is 360 g/mol. The Bertz CT molecular complexity index is 688. The third-order valence-electron chi connectivity index (χ3n) is 5.14. The van der Waals surface area contributed by atoms with Crippen LogP contribution in [0.3, 0.4) is 0 Å². The van der Waals surface area contributed by atoms with Crippen molar-refractivity contribution in [2.45, 2.75) is 38.3 Å². The zero-order chi connectivity index (χ0) is 18.4. The van der Waals surface area contributed by atoms with Crippen LogP contribution in [0.25, 0.3) is 0 Å². The zero-order valence-corrected chi connectivity index (χ0v) is 16.6. The Kier molecular flexibility index (Phi) is 8.29. The quantitative estimate of drug-likeness (QED) is 0.811. The summed E-state index contributed by atoms with van der Waals surface area (Å²) in [5.74, 6) is 0.180. The molecule has 0 bridgehead atoms. The van der Waals surface area contributed by atoms with Gasteiger partial charge in [0, 0.05) is 37.8 Å². The molecule has 1 unspecified atom stereocenters. The molecule has 1 fully saturated rings. The number of nitrogens with zero attached hydrogens (tertiary/aromatic N) is 2. The summed E-state index contributed by atoms with van der Waals surface area (Å²) in [6.07, 6.45) is 1.92. The summed E-state index contributed by atoms with van der Waals surface area (Å²) < 4.78 is 0. The molecule has 1 saturated heterocycles. The van der Waals surface area contributed by atoms with Gasteiger partial charge in [-0.25, -0.2) is 0 Å². The van der Waals surface area contributed by atoms with Crippen molar-refractivity contribution in [1.29, 1.82) is 0 Å². The Morgan fingerprint density at radius 1 is 1.07 bits per heavy atom. The molecule has 146 valence electrons. The number of hydrogen-bond donors (Lipinski definition) is 1. The molecule has 1 aliphatic heterocycles. The summed E-state index contributed by atoms with van der Waals surface area (Å²) in [5, 5.41) is 10.4. The highest BCUT2D eigenvalue weighted by molar-refractivity contribution is 5.93. The number of halogens is 1. The van der Waals surface area contributed by atoms with Crippen LogP contribution >= 0.6 is 12.4 Å². The van der Waals surface area contributed by atoms with Crippen LogP contribution in [0.4, 0.5) is 5.69 Å². The first-order valence-electron chi connectivity index (χ1n) is 9.51. The summed E-state index contributed by atoms with van der Waals surface area (Å²) in [6.45, 7) is 4.36. The normalized spacial score (nSPS) is 16.4. The van der Waals surface area contributed by atoms with E-state index in [9.17, 15) is 9.90 Å². The summed E-state index contributed by atoms with van der Waals surface area (Å²) in [4.78, 5) is 16.8. The largest absolute Gasteiger partial charge is 0.387 e. The predicted octanol–water partition coefficient (Wildman–Crippen LogP) is 4.05. The molecule has 3 rings (SSSR count). The maximum atomic E-state index is 12.5. The molecule has 1 N–H and O–H groups in total. The number of aliphatic hydroxyl groups is 1. The van der Waals surface area contributed by atoms with E-state index in [1.54, 1.807) is 0 Å². The molecule has 1 amide bonds. The maximum absolute atomic E-state index is 12.5. The van der Waals surface area contributed by atoms with Crippen LogP contribution in [-0.4, -0.2) is 41.6 Å². The van der Waals surface area contributed by atoms with Gasteiger partial charge in [-0.3, -0.25) is 4.79 Å². The number of β-amino-alcohol motifs (C(OH)–C–C–N with tert-alkyl or cyclic N) is 1. The van der Waals surface area contributed by atoms with E-state index in [0.29, 0.717) is 13.0 Å². The minimum absolute atomic E-state index is 0. The van der Waals surface area contributed by atoms with Crippen LogP contribution in [0, 0.1) is 0 Å². The van der Waals surface area contributed by atoms with Crippen LogP contribution in [0.15, 0.2) is 60.7 Å². The Labute approximate surface area is 168 Å². The lowest BCUT2D eigenvalue weighted by Crippen LogP contribution is -2.48. The Hall–Kier alpha value is -1.88. The first kappa shape index (κ1) is 21.4. The average Bonchev–Trinajstić information content (AvgIpc) is 2.71. The number of rotatable bonds is 6. The van der Waals surface area contributed by atoms with Gasteiger partial charge in [-0.05, 0) is 30.5 Å². The fourth-order valence-corrected chi connectivity index (χ4v) is 3.70. The highest BCUT2D eigenvalue weighted by Gasteiger charge is 2.29. The molecule has 0 radical (unpaired) electrons. The van der Waals surface area contributed by atoms with E-state index < -0.39 is 6.10 Å². The second kappa shape index (κ2) is 10.5. The SMILES string of the molecule is CCC(=O)N(c1ccccc1)C1CCN(CC(O)c2ccccc2)CC1.Cl. The average molecular weight is 389 g/mol. The molecule has 0 saturated carbocycles. The van der Waals surface area contributed by atoms with E-state index in [4.69, 9.17) is 0 Å². The third-order valence-corrected chi connectivity index (χ3v) is 5.14. The van der Waals surface area contributed by atoms with Crippen molar-refractivity contribution in [3.05, 3.63) is 66.2 Å². The monoisotopic (exact) mass is 388 g/mol. The standard InChI is InChI=1S/C22H28N2O2.ClH/c1-2-22(26)24(19-11-7-4-8-12-19)20-13-15-23(16-14-20)17-21(25)18-9-5-3-6-10-18;/h3-12,20-21,25H,2,13-17H2,1H3;1H.